The molecule has 0 saturated carbocycles. The van der Waals surface area contributed by atoms with E-state index in [0.29, 0.717) is 17.4 Å². The van der Waals surface area contributed by atoms with Gasteiger partial charge < -0.3 is 10.1 Å². The third-order valence-corrected chi connectivity index (χ3v) is 8.24. The Balaban J connectivity index is 1.39. The summed E-state index contributed by atoms with van der Waals surface area (Å²) in [5.74, 6) is 0.635. The summed E-state index contributed by atoms with van der Waals surface area (Å²) in [5.41, 5.74) is 2.75. The number of thiazole rings is 1. The van der Waals surface area contributed by atoms with Crippen LogP contribution in [0.15, 0.2) is 54.0 Å². The van der Waals surface area contributed by atoms with Gasteiger partial charge in [-0.05, 0) is 43.7 Å². The van der Waals surface area contributed by atoms with Gasteiger partial charge in [-0.3, -0.25) is 4.79 Å². The van der Waals surface area contributed by atoms with E-state index in [-0.39, 0.29) is 12.3 Å². The molecule has 4 nitrogen and oxygen atoms in total. The van der Waals surface area contributed by atoms with Crippen LogP contribution in [0.3, 0.4) is 0 Å². The molecule has 0 aliphatic heterocycles. The van der Waals surface area contributed by atoms with Crippen molar-refractivity contribution in [1.29, 1.82) is 0 Å². The fraction of sp³-hybridized carbons (Fsp3) is 0.515. The highest BCUT2D eigenvalue weighted by atomic mass is 35.5. The maximum Gasteiger partial charge on any atom is 0.269 e. The lowest BCUT2D eigenvalue weighted by Gasteiger charge is -2.13. The van der Waals surface area contributed by atoms with Crippen molar-refractivity contribution in [2.75, 3.05) is 11.9 Å². The van der Waals surface area contributed by atoms with Crippen LogP contribution in [0.2, 0.25) is 5.02 Å². The normalized spacial score (nSPS) is 11.1. The number of carbonyl (C=O) groups excluding carboxylic acids is 1. The average Bonchev–Trinajstić information content (AvgIpc) is 3.42. The van der Waals surface area contributed by atoms with E-state index >= 15 is 0 Å². The molecule has 0 aliphatic rings. The first kappa shape index (κ1) is 31.2. The Morgan fingerprint density at radius 3 is 2.28 bits per heavy atom. The molecule has 0 fully saturated rings. The summed E-state index contributed by atoms with van der Waals surface area (Å²) in [4.78, 5) is 12.9. The maximum atomic E-state index is 12.9. The minimum atomic E-state index is -0.0702. The molecule has 0 atom stereocenters. The molecule has 2 aromatic carbocycles. The van der Waals surface area contributed by atoms with Gasteiger partial charge in [0.1, 0.15) is 12.3 Å². The van der Waals surface area contributed by atoms with Crippen molar-refractivity contribution in [2.45, 2.75) is 104 Å². The van der Waals surface area contributed by atoms with Crippen LogP contribution in [0.25, 0.3) is 10.6 Å². The van der Waals surface area contributed by atoms with E-state index in [2.05, 4.69) is 41.4 Å². The van der Waals surface area contributed by atoms with Gasteiger partial charge in [0.25, 0.3) is 5.01 Å². The number of ether oxygens (including phenoxy) is 1. The van der Waals surface area contributed by atoms with Gasteiger partial charge in [-0.1, -0.05) is 113 Å². The molecule has 1 heterocycles. The van der Waals surface area contributed by atoms with Crippen molar-refractivity contribution in [3.8, 4) is 16.3 Å². The average molecular weight is 570 g/mol. The molecular weight excluding hydrogens is 524 g/mol. The highest BCUT2D eigenvalue weighted by molar-refractivity contribution is 7.12. The molecule has 212 valence electrons. The number of unbranched alkanes of at least 4 members (excludes halogenated alkanes) is 11. The Bertz CT molecular complexity index is 1130. The van der Waals surface area contributed by atoms with E-state index in [1.165, 1.54) is 75.6 Å². The van der Waals surface area contributed by atoms with Crippen molar-refractivity contribution in [1.82, 2.24) is 0 Å². The first-order valence-corrected chi connectivity index (χ1v) is 16.1. The number of aromatic nitrogens is 1. The number of halogens is 1. The lowest BCUT2D eigenvalue weighted by molar-refractivity contribution is -0.678. The second kappa shape index (κ2) is 18.1. The fourth-order valence-corrected chi connectivity index (χ4v) is 5.92. The van der Waals surface area contributed by atoms with Crippen molar-refractivity contribution in [3.63, 3.8) is 0 Å². The van der Waals surface area contributed by atoms with Gasteiger partial charge in [-0.2, -0.15) is 4.57 Å². The maximum absolute atomic E-state index is 12.9. The number of rotatable bonds is 19. The van der Waals surface area contributed by atoms with Crippen LogP contribution >= 0.6 is 22.9 Å². The first-order valence-electron chi connectivity index (χ1n) is 14.9. The van der Waals surface area contributed by atoms with Gasteiger partial charge in [-0.15, -0.1) is 0 Å². The van der Waals surface area contributed by atoms with E-state index in [1.807, 2.05) is 36.4 Å². The zero-order valence-corrected chi connectivity index (χ0v) is 25.4. The number of benzene rings is 2. The number of carbonyl (C=O) groups is 1. The summed E-state index contributed by atoms with van der Waals surface area (Å²) in [5, 5.41) is 6.95. The summed E-state index contributed by atoms with van der Waals surface area (Å²) >= 11 is 7.95. The van der Waals surface area contributed by atoms with Gasteiger partial charge in [0.15, 0.2) is 6.20 Å². The van der Waals surface area contributed by atoms with Gasteiger partial charge in [0, 0.05) is 16.3 Å². The molecule has 3 rings (SSSR count). The van der Waals surface area contributed by atoms with Crippen molar-refractivity contribution >= 4 is 34.5 Å². The Kier molecular flexibility index (Phi) is 14.4. The topological polar surface area (TPSA) is 42.2 Å². The molecular formula is C33H46ClN2O2S+. The molecule has 0 radical (unpaired) electrons. The number of hydrogen-bond donors (Lipinski definition) is 1. The van der Waals surface area contributed by atoms with Crippen LogP contribution < -0.4 is 14.6 Å². The lowest BCUT2D eigenvalue weighted by Crippen LogP contribution is -2.31. The van der Waals surface area contributed by atoms with Crippen LogP contribution in [-0.4, -0.2) is 12.5 Å². The van der Waals surface area contributed by atoms with Gasteiger partial charge in [0.2, 0.25) is 5.91 Å². The fourth-order valence-electron chi connectivity index (χ4n) is 4.83. The van der Waals surface area contributed by atoms with Gasteiger partial charge >= 0.3 is 0 Å². The second-order valence-electron chi connectivity index (χ2n) is 10.3. The Morgan fingerprint density at radius 1 is 0.897 bits per heavy atom. The number of nitrogens with one attached hydrogen (secondary N) is 1. The zero-order valence-electron chi connectivity index (χ0n) is 23.9. The SMILES string of the molecule is CCCCCCCCCCCCCCOc1cc(Cl)ccc1CC(=O)Nc1cccc(-c2scc[n+]2CC)c1. The molecule has 1 amide bonds. The molecule has 1 N–H and O–H groups in total. The highest BCUT2D eigenvalue weighted by Gasteiger charge is 2.15. The second-order valence-corrected chi connectivity index (χ2v) is 11.6. The summed E-state index contributed by atoms with van der Waals surface area (Å²) < 4.78 is 8.30. The molecule has 0 unspecified atom stereocenters. The zero-order chi connectivity index (χ0) is 27.7. The molecule has 0 spiro atoms. The van der Waals surface area contributed by atoms with Crippen LogP contribution in [-0.2, 0) is 17.8 Å². The Labute approximate surface area is 244 Å². The van der Waals surface area contributed by atoms with E-state index in [0.717, 1.165) is 29.8 Å². The molecule has 3 aromatic rings. The van der Waals surface area contributed by atoms with Crippen molar-refractivity contribution < 1.29 is 14.1 Å². The largest absolute Gasteiger partial charge is 0.493 e. The number of amides is 1. The van der Waals surface area contributed by atoms with Crippen LogP contribution in [0.1, 0.15) is 96.5 Å². The quantitative estimate of drug-likeness (QED) is 0.115. The Hall–Kier alpha value is -2.37. The predicted octanol–water partition coefficient (Wildman–Crippen LogP) is 9.64. The molecule has 1 aromatic heterocycles. The minimum absolute atomic E-state index is 0.0702. The van der Waals surface area contributed by atoms with Gasteiger partial charge in [-0.25, -0.2) is 0 Å². The van der Waals surface area contributed by atoms with Crippen LogP contribution in [0.5, 0.6) is 5.75 Å². The lowest BCUT2D eigenvalue weighted by atomic mass is 10.1. The van der Waals surface area contributed by atoms with E-state index < -0.39 is 0 Å². The monoisotopic (exact) mass is 569 g/mol. The van der Waals surface area contributed by atoms with E-state index in [9.17, 15) is 4.79 Å². The van der Waals surface area contributed by atoms with Gasteiger partial charge in [0.05, 0.1) is 24.0 Å². The highest BCUT2D eigenvalue weighted by Crippen LogP contribution is 2.26. The molecule has 39 heavy (non-hydrogen) atoms. The standard InChI is InChI=1S/C33H45ClN2O2S/c1-3-5-6-7-8-9-10-11-12-13-14-15-22-38-31-26-29(34)20-19-27(31)25-32(37)35-30-18-16-17-28(24-30)33-36(4-2)21-23-39-33/h16-21,23-24,26H,3-15,22,25H2,1-2H3/p+1. The molecule has 0 aliphatic carbocycles. The van der Waals surface area contributed by atoms with Crippen LogP contribution in [0.4, 0.5) is 5.69 Å². The summed E-state index contributed by atoms with van der Waals surface area (Å²) in [6, 6.07) is 13.6. The third-order valence-electron chi connectivity index (χ3n) is 7.05. The third kappa shape index (κ3) is 11.3. The first-order chi connectivity index (χ1) is 19.1. The van der Waals surface area contributed by atoms with E-state index in [1.54, 1.807) is 11.3 Å². The molecule has 0 bridgehead atoms. The number of aryl methyl sites for hydroxylation is 1. The molecule has 6 heteroatoms. The smallest absolute Gasteiger partial charge is 0.269 e. The number of hydrogen-bond acceptors (Lipinski definition) is 3. The molecule has 0 saturated heterocycles. The minimum Gasteiger partial charge on any atom is -0.493 e. The summed E-state index contributed by atoms with van der Waals surface area (Å²) in [6.45, 7) is 5.96. The van der Waals surface area contributed by atoms with Crippen molar-refractivity contribution in [2.24, 2.45) is 0 Å². The predicted molar refractivity (Wildman–Crippen MR) is 166 cm³/mol. The van der Waals surface area contributed by atoms with Crippen LogP contribution in [0, 0.1) is 0 Å². The van der Waals surface area contributed by atoms with Crippen molar-refractivity contribution in [3.05, 3.63) is 64.6 Å². The number of anilines is 1. The Morgan fingerprint density at radius 2 is 1.59 bits per heavy atom. The summed E-state index contributed by atoms with van der Waals surface area (Å²) in [7, 11) is 0. The van der Waals surface area contributed by atoms with E-state index in [4.69, 9.17) is 16.3 Å². The number of nitrogens with zero attached hydrogens (tertiary/aromatic N) is 1. The summed E-state index contributed by atoms with van der Waals surface area (Å²) in [6.07, 6.45) is 18.1.